The van der Waals surface area contributed by atoms with Gasteiger partial charge in [0.05, 0.1) is 26.4 Å². The summed E-state index contributed by atoms with van der Waals surface area (Å²) in [7, 11) is 0. The molecule has 6 N–H and O–H groups in total. The van der Waals surface area contributed by atoms with Gasteiger partial charge in [0.1, 0.15) is 48.7 Å². The molecule has 0 aromatic rings. The number of carbonyl (C=O) groups excluding carboxylic acids is 2. The number of aliphatic hydroxyl groups excluding tert-OH is 4. The molecule has 0 aromatic heterocycles. The number of fused-ring (bicyclic) bond motifs is 1. The summed E-state index contributed by atoms with van der Waals surface area (Å²) in [6.45, 7) is 17.9. The quantitative estimate of drug-likeness (QED) is 0.146. The van der Waals surface area contributed by atoms with E-state index in [1.807, 2.05) is 0 Å². The Morgan fingerprint density at radius 3 is 1.64 bits per heavy atom. The van der Waals surface area contributed by atoms with Gasteiger partial charge in [0.25, 0.3) is 0 Å². The molecule has 3 aliphatic heterocycles. The Bertz CT molecular complexity index is 1100. The van der Waals surface area contributed by atoms with E-state index in [2.05, 4.69) is 40.9 Å². The highest BCUT2D eigenvalue weighted by Crippen LogP contribution is 2.33. The maximum Gasteiger partial charge on any atom is 0.471 e. The third kappa shape index (κ3) is 14.7. The molecule has 14 nitrogen and oxygen atoms in total. The Hall–Kier alpha value is -2.40. The van der Waals surface area contributed by atoms with Crippen LogP contribution in [0, 0.1) is 5.41 Å². The molecule has 292 valence electrons. The number of nitrogens with one attached hydrogen (secondary N) is 2. The van der Waals surface area contributed by atoms with Gasteiger partial charge >= 0.3 is 24.2 Å². The molecule has 3 saturated heterocycles. The molecule has 0 unspecified atom stereocenters. The Morgan fingerprint density at radius 1 is 0.820 bits per heavy atom. The highest BCUT2D eigenvalue weighted by atomic mass is 19.4. The first-order chi connectivity index (χ1) is 22.8. The average molecular weight is 743 g/mol. The number of halogens is 6. The lowest BCUT2D eigenvalue weighted by atomic mass is 9.95. The van der Waals surface area contributed by atoms with Gasteiger partial charge in [0, 0.05) is 0 Å². The maximum absolute atomic E-state index is 12.5. The van der Waals surface area contributed by atoms with Gasteiger partial charge in [-0.3, -0.25) is 9.59 Å². The third-order valence-corrected chi connectivity index (χ3v) is 6.44. The molecule has 0 radical (unpaired) electrons. The van der Waals surface area contributed by atoms with Gasteiger partial charge in [-0.05, 0) is 19.3 Å². The second kappa shape index (κ2) is 18.9. The normalized spacial score (nSPS) is 32.5. The zero-order chi connectivity index (χ0) is 38.8. The number of hydrogen-bond donors (Lipinski definition) is 6. The van der Waals surface area contributed by atoms with Crippen LogP contribution in [-0.2, 0) is 38.0 Å². The average Bonchev–Trinajstić information content (AvgIpc) is 2.98. The van der Waals surface area contributed by atoms with E-state index in [-0.39, 0.29) is 19.8 Å². The zero-order valence-electron chi connectivity index (χ0n) is 28.5. The predicted molar refractivity (Wildman–Crippen MR) is 161 cm³/mol. The van der Waals surface area contributed by atoms with Gasteiger partial charge in [0.2, 0.25) is 0 Å². The fourth-order valence-corrected chi connectivity index (χ4v) is 4.31. The summed E-state index contributed by atoms with van der Waals surface area (Å²) in [6.07, 6.45) is -18.4. The molecule has 10 atom stereocenters. The number of alkyl halides is 6. The summed E-state index contributed by atoms with van der Waals surface area (Å²) in [5, 5.41) is 42.0. The van der Waals surface area contributed by atoms with Crippen LogP contribution >= 0.6 is 0 Å². The molecule has 0 saturated carbocycles. The van der Waals surface area contributed by atoms with E-state index >= 15 is 0 Å². The summed E-state index contributed by atoms with van der Waals surface area (Å²) >= 11 is 0. The first-order valence-corrected chi connectivity index (χ1v) is 15.3. The van der Waals surface area contributed by atoms with Crippen molar-refractivity contribution in [3.05, 3.63) is 25.3 Å². The first-order valence-electron chi connectivity index (χ1n) is 15.3. The Balaban J connectivity index is 0.000000444. The summed E-state index contributed by atoms with van der Waals surface area (Å²) in [4.78, 5) is 22.2. The molecular formula is C30H48F6N2O12. The molecular weight excluding hydrogens is 694 g/mol. The number of amides is 2. The zero-order valence-corrected chi connectivity index (χ0v) is 28.5. The molecule has 50 heavy (non-hydrogen) atoms. The second-order valence-electron chi connectivity index (χ2n) is 13.3. The molecule has 0 aromatic carbocycles. The van der Waals surface area contributed by atoms with Gasteiger partial charge in [-0.1, -0.05) is 39.8 Å². The van der Waals surface area contributed by atoms with Crippen molar-refractivity contribution in [1.29, 1.82) is 0 Å². The van der Waals surface area contributed by atoms with Gasteiger partial charge in [-0.15, -0.1) is 13.2 Å². The van der Waals surface area contributed by atoms with Crippen LogP contribution in [0.5, 0.6) is 0 Å². The summed E-state index contributed by atoms with van der Waals surface area (Å²) in [5.74, 6) is -5.55. The van der Waals surface area contributed by atoms with E-state index in [9.17, 15) is 51.3 Å². The standard InChI is InChI=1S/C14H20F3NO6.C11H16F3NO6.C5H12/c1-4-5-21-11-8(18-12(20)14(15,16)17)9(19)10-7(23-11)6-22-13(2,3)24-10;1-2-3-20-9-6(15-10(19)11(12,13)14)8(18)7(17)5(4-16)21-9;1-5(2,3)4/h4,7-11,19H,1,5-6H2,2-3H3,(H,18,20);2,5-9,16-18H,1,3-4H2,(H,15,19);1-4H3/t7-,8-,9-,10-,11+;5-,6-,7-,8-,9+;/m11./s1. The van der Waals surface area contributed by atoms with Crippen molar-refractivity contribution < 1.29 is 84.8 Å². The van der Waals surface area contributed by atoms with Crippen LogP contribution < -0.4 is 10.6 Å². The van der Waals surface area contributed by atoms with Gasteiger partial charge in [-0.25, -0.2) is 0 Å². The fourth-order valence-electron chi connectivity index (χ4n) is 4.31. The summed E-state index contributed by atoms with van der Waals surface area (Å²) in [6, 6.07) is -3.12. The lowest BCUT2D eigenvalue weighted by Crippen LogP contribution is -2.69. The Labute approximate surface area is 285 Å². The van der Waals surface area contributed by atoms with E-state index in [0.29, 0.717) is 5.41 Å². The molecule has 0 aliphatic carbocycles. The number of hydrogen-bond acceptors (Lipinski definition) is 12. The van der Waals surface area contributed by atoms with Gasteiger partial charge in [0.15, 0.2) is 18.4 Å². The maximum atomic E-state index is 12.5. The SMILES string of the molecule is C=CCO[C@H]1O[C@@H]2COC(C)(C)O[C@H]2[C@H](O)[C@H]1NC(=O)C(F)(F)F.C=CCO[C@H]1O[C@H](CO)[C@@H](O)[C@H](O)[C@H]1NC(=O)C(F)(F)F.CC(C)(C)C. The lowest BCUT2D eigenvalue weighted by molar-refractivity contribution is -0.368. The van der Waals surface area contributed by atoms with Gasteiger partial charge < -0.3 is 59.5 Å². The predicted octanol–water partition coefficient (Wildman–Crippen LogP) is 1.20. The molecule has 3 rings (SSSR count). The van der Waals surface area contributed by atoms with Crippen LogP contribution in [0.15, 0.2) is 25.3 Å². The third-order valence-electron chi connectivity index (χ3n) is 6.44. The lowest BCUT2D eigenvalue weighted by Gasteiger charge is -2.49. The largest absolute Gasteiger partial charge is 0.471 e. The van der Waals surface area contributed by atoms with E-state index in [4.69, 9.17) is 33.5 Å². The van der Waals surface area contributed by atoms with Crippen molar-refractivity contribution in [3.8, 4) is 0 Å². The Kier molecular flexibility index (Phi) is 17.2. The molecule has 2 amide bonds. The topological polar surface area (TPSA) is 194 Å². The van der Waals surface area contributed by atoms with Crippen LogP contribution in [0.25, 0.3) is 0 Å². The van der Waals surface area contributed by atoms with Crippen LogP contribution in [0.3, 0.4) is 0 Å². The number of ether oxygens (including phenoxy) is 6. The van der Waals surface area contributed by atoms with Crippen LogP contribution in [-0.4, -0.2) is 138 Å². The highest BCUT2D eigenvalue weighted by Gasteiger charge is 2.53. The number of aliphatic hydroxyl groups is 4. The van der Waals surface area contributed by atoms with Crippen LogP contribution in [0.1, 0.15) is 41.5 Å². The van der Waals surface area contributed by atoms with E-state index in [0.717, 1.165) is 0 Å². The molecule has 20 heteroatoms. The molecule has 0 bridgehead atoms. The van der Waals surface area contributed by atoms with Crippen molar-refractivity contribution in [1.82, 2.24) is 10.6 Å². The second-order valence-corrected chi connectivity index (χ2v) is 13.3. The van der Waals surface area contributed by atoms with Crippen molar-refractivity contribution in [2.75, 3.05) is 26.4 Å². The smallest absolute Gasteiger partial charge is 0.394 e. The van der Waals surface area contributed by atoms with E-state index in [1.54, 1.807) is 19.2 Å². The van der Waals surface area contributed by atoms with E-state index in [1.165, 1.54) is 17.5 Å². The highest BCUT2D eigenvalue weighted by molar-refractivity contribution is 5.82. The minimum Gasteiger partial charge on any atom is -0.394 e. The summed E-state index contributed by atoms with van der Waals surface area (Å²) in [5.41, 5.74) is 0.500. The fraction of sp³-hybridized carbons (Fsp3) is 0.800. The summed E-state index contributed by atoms with van der Waals surface area (Å²) < 4.78 is 106. The van der Waals surface area contributed by atoms with Crippen molar-refractivity contribution in [2.24, 2.45) is 5.41 Å². The monoisotopic (exact) mass is 742 g/mol. The molecule has 0 spiro atoms. The van der Waals surface area contributed by atoms with Crippen LogP contribution in [0.2, 0.25) is 0 Å². The first kappa shape index (κ1) is 45.6. The minimum absolute atomic E-state index is 0.0413. The van der Waals surface area contributed by atoms with Crippen molar-refractivity contribution in [2.45, 2.75) is 121 Å². The minimum atomic E-state index is -5.17. The Morgan fingerprint density at radius 2 is 1.24 bits per heavy atom. The molecule has 3 heterocycles. The van der Waals surface area contributed by atoms with Gasteiger partial charge in [-0.2, -0.15) is 26.3 Å². The van der Waals surface area contributed by atoms with Crippen LogP contribution in [0.4, 0.5) is 26.3 Å². The van der Waals surface area contributed by atoms with E-state index < -0.39 is 97.8 Å². The molecule has 3 fully saturated rings. The van der Waals surface area contributed by atoms with Crippen molar-refractivity contribution >= 4 is 11.8 Å². The van der Waals surface area contributed by atoms with Crippen molar-refractivity contribution in [3.63, 3.8) is 0 Å². The number of rotatable bonds is 9. The molecule has 3 aliphatic rings. The number of carbonyl (C=O) groups is 2.